The summed E-state index contributed by atoms with van der Waals surface area (Å²) < 4.78 is 12.3. The molecule has 1 amide bonds. The standard InChI is InChI=1S/C24H25N3O5S/c1-13-6-5-7-14(8-13)12-33-24-26-23(30)20-16(11-19(28)25-22(20)27(24)2)15-9-17(31-3)21(29)18(10-15)32-4/h5-10,16,29H,11-12H2,1-4H3,(H,25,28). The van der Waals surface area contributed by atoms with Crippen LogP contribution in [0.25, 0.3) is 0 Å². The van der Waals surface area contributed by atoms with Crippen LogP contribution in [0.3, 0.4) is 0 Å². The smallest absolute Gasteiger partial charge is 0.279 e. The van der Waals surface area contributed by atoms with Gasteiger partial charge >= 0.3 is 0 Å². The summed E-state index contributed by atoms with van der Waals surface area (Å²) in [6.07, 6.45) is 0.0663. The first-order valence-corrected chi connectivity index (χ1v) is 11.3. The minimum atomic E-state index is -0.556. The highest BCUT2D eigenvalue weighted by Gasteiger charge is 2.33. The lowest BCUT2D eigenvalue weighted by Gasteiger charge is -2.28. The van der Waals surface area contributed by atoms with Crippen LogP contribution in [0, 0.1) is 6.92 Å². The van der Waals surface area contributed by atoms with Gasteiger partial charge in [-0.1, -0.05) is 41.6 Å². The number of carbonyl (C=O) groups excluding carboxylic acids is 1. The summed E-state index contributed by atoms with van der Waals surface area (Å²) in [7, 11) is 4.64. The highest BCUT2D eigenvalue weighted by Crippen LogP contribution is 2.43. The van der Waals surface area contributed by atoms with E-state index in [1.54, 1.807) is 23.7 Å². The van der Waals surface area contributed by atoms with E-state index in [-0.39, 0.29) is 29.6 Å². The number of benzene rings is 2. The van der Waals surface area contributed by atoms with E-state index in [1.165, 1.54) is 26.0 Å². The zero-order valence-corrected chi connectivity index (χ0v) is 19.7. The van der Waals surface area contributed by atoms with Crippen LogP contribution in [0.15, 0.2) is 46.3 Å². The maximum absolute atomic E-state index is 13.2. The normalized spacial score (nSPS) is 15.0. The van der Waals surface area contributed by atoms with Crippen LogP contribution in [-0.4, -0.2) is 34.8 Å². The molecule has 0 fully saturated rings. The number of phenolic OH excluding ortho intramolecular Hbond substituents is 1. The molecule has 0 bridgehead atoms. The summed E-state index contributed by atoms with van der Waals surface area (Å²) in [5.41, 5.74) is 2.90. The second-order valence-corrected chi connectivity index (χ2v) is 8.82. The number of nitrogens with zero attached hydrogens (tertiary/aromatic N) is 2. The molecule has 8 nitrogen and oxygen atoms in total. The molecule has 2 aromatic carbocycles. The molecule has 0 radical (unpaired) electrons. The number of fused-ring (bicyclic) bond motifs is 1. The third-order valence-electron chi connectivity index (χ3n) is 5.66. The number of ether oxygens (including phenoxy) is 2. The van der Waals surface area contributed by atoms with Crippen molar-refractivity contribution < 1.29 is 19.4 Å². The van der Waals surface area contributed by atoms with Crippen LogP contribution in [-0.2, 0) is 17.6 Å². The number of methoxy groups -OCH3 is 2. The summed E-state index contributed by atoms with van der Waals surface area (Å²) >= 11 is 1.44. The van der Waals surface area contributed by atoms with E-state index >= 15 is 0 Å². The van der Waals surface area contributed by atoms with Crippen LogP contribution in [0.4, 0.5) is 5.82 Å². The van der Waals surface area contributed by atoms with Crippen molar-refractivity contribution in [3.05, 3.63) is 69.0 Å². The van der Waals surface area contributed by atoms with E-state index < -0.39 is 11.5 Å². The highest BCUT2D eigenvalue weighted by molar-refractivity contribution is 7.98. The average Bonchev–Trinajstić information content (AvgIpc) is 2.80. The third kappa shape index (κ3) is 4.41. The van der Waals surface area contributed by atoms with Crippen molar-refractivity contribution in [1.29, 1.82) is 0 Å². The molecule has 1 aliphatic rings. The molecule has 1 atom stereocenters. The number of amides is 1. The average molecular weight is 468 g/mol. The fourth-order valence-corrected chi connectivity index (χ4v) is 4.92. The van der Waals surface area contributed by atoms with Crippen LogP contribution >= 0.6 is 11.8 Å². The van der Waals surface area contributed by atoms with Gasteiger partial charge < -0.3 is 24.5 Å². The number of rotatable bonds is 6. The number of aryl methyl sites for hydroxylation is 1. The number of aromatic hydroxyl groups is 1. The van der Waals surface area contributed by atoms with E-state index in [9.17, 15) is 14.7 Å². The first-order valence-electron chi connectivity index (χ1n) is 10.4. The molecule has 3 aromatic rings. The number of aromatic nitrogens is 2. The summed E-state index contributed by atoms with van der Waals surface area (Å²) in [5, 5.41) is 13.6. The molecule has 4 rings (SSSR count). The predicted molar refractivity (Wildman–Crippen MR) is 127 cm³/mol. The monoisotopic (exact) mass is 467 g/mol. The van der Waals surface area contributed by atoms with Crippen LogP contribution < -0.4 is 20.3 Å². The molecule has 0 aliphatic carbocycles. The first kappa shape index (κ1) is 22.7. The molecular weight excluding hydrogens is 442 g/mol. The number of hydrogen-bond donors (Lipinski definition) is 2. The SMILES string of the molecule is COc1cc(C2CC(=O)Nc3c2c(=O)nc(SCc2cccc(C)c2)n3C)cc(OC)c1O. The molecule has 2 N–H and O–H groups in total. The van der Waals surface area contributed by atoms with E-state index in [0.29, 0.717) is 27.9 Å². The van der Waals surface area contributed by atoms with Gasteiger partial charge in [-0.25, -0.2) is 0 Å². The van der Waals surface area contributed by atoms with Gasteiger partial charge in [0, 0.05) is 25.1 Å². The molecule has 172 valence electrons. The van der Waals surface area contributed by atoms with Gasteiger partial charge in [-0.3, -0.25) is 9.59 Å². The van der Waals surface area contributed by atoms with E-state index in [2.05, 4.69) is 16.4 Å². The van der Waals surface area contributed by atoms with Crippen molar-refractivity contribution in [2.45, 2.75) is 30.2 Å². The predicted octanol–water partition coefficient (Wildman–Crippen LogP) is 3.58. The molecule has 0 spiro atoms. The summed E-state index contributed by atoms with van der Waals surface area (Å²) in [4.78, 5) is 30.1. The van der Waals surface area contributed by atoms with Crippen molar-refractivity contribution in [3.63, 3.8) is 0 Å². The molecule has 1 aromatic heterocycles. The molecule has 1 aliphatic heterocycles. The Morgan fingerprint density at radius 3 is 2.52 bits per heavy atom. The number of thioether (sulfide) groups is 1. The van der Waals surface area contributed by atoms with Gasteiger partial charge in [0.25, 0.3) is 5.56 Å². The lowest BCUT2D eigenvalue weighted by molar-refractivity contribution is -0.116. The Morgan fingerprint density at radius 2 is 1.88 bits per heavy atom. The number of hydrogen-bond acceptors (Lipinski definition) is 7. The van der Waals surface area contributed by atoms with E-state index in [4.69, 9.17) is 9.47 Å². The topological polar surface area (TPSA) is 103 Å². The van der Waals surface area contributed by atoms with Crippen LogP contribution in [0.2, 0.25) is 0 Å². The van der Waals surface area contributed by atoms with Gasteiger partial charge in [0.2, 0.25) is 11.7 Å². The number of phenols is 1. The molecule has 1 unspecified atom stereocenters. The Balaban J connectivity index is 1.76. The van der Waals surface area contributed by atoms with Crippen molar-refractivity contribution in [3.8, 4) is 17.2 Å². The van der Waals surface area contributed by atoms with Gasteiger partial charge in [0.1, 0.15) is 5.82 Å². The van der Waals surface area contributed by atoms with E-state index in [1.807, 2.05) is 25.1 Å². The van der Waals surface area contributed by atoms with Gasteiger partial charge in [0.05, 0.1) is 19.8 Å². The first-order chi connectivity index (χ1) is 15.8. The maximum Gasteiger partial charge on any atom is 0.279 e. The second kappa shape index (κ2) is 9.19. The van der Waals surface area contributed by atoms with Crippen molar-refractivity contribution in [2.24, 2.45) is 7.05 Å². The highest BCUT2D eigenvalue weighted by atomic mass is 32.2. The van der Waals surface area contributed by atoms with Crippen LogP contribution in [0.1, 0.15) is 34.6 Å². The molecule has 9 heteroatoms. The third-order valence-corrected chi connectivity index (χ3v) is 6.76. The molecule has 0 saturated carbocycles. The lowest BCUT2D eigenvalue weighted by Crippen LogP contribution is -2.33. The van der Waals surface area contributed by atoms with E-state index in [0.717, 1.165) is 11.1 Å². The van der Waals surface area contributed by atoms with Crippen molar-refractivity contribution >= 4 is 23.5 Å². The van der Waals surface area contributed by atoms with Gasteiger partial charge in [-0.15, -0.1) is 0 Å². The Hall–Kier alpha value is -3.46. The lowest BCUT2D eigenvalue weighted by atomic mass is 9.86. The van der Waals surface area contributed by atoms with Crippen LogP contribution in [0.5, 0.6) is 17.2 Å². The van der Waals surface area contributed by atoms with Crippen molar-refractivity contribution in [1.82, 2.24) is 9.55 Å². The molecular formula is C24H25N3O5S. The van der Waals surface area contributed by atoms with Gasteiger partial charge in [-0.05, 0) is 30.2 Å². The number of anilines is 1. The molecule has 2 heterocycles. The fourth-order valence-electron chi connectivity index (χ4n) is 4.01. The van der Waals surface area contributed by atoms with Gasteiger partial charge in [-0.2, -0.15) is 4.98 Å². The Kier molecular flexibility index (Phi) is 6.33. The Labute approximate surface area is 195 Å². The second-order valence-electron chi connectivity index (χ2n) is 7.88. The molecule has 33 heavy (non-hydrogen) atoms. The minimum Gasteiger partial charge on any atom is -0.502 e. The maximum atomic E-state index is 13.2. The largest absolute Gasteiger partial charge is 0.502 e. The quantitative estimate of drug-likeness (QED) is 0.422. The summed E-state index contributed by atoms with van der Waals surface area (Å²) in [6.45, 7) is 2.03. The van der Waals surface area contributed by atoms with Gasteiger partial charge in [0.15, 0.2) is 16.7 Å². The summed E-state index contributed by atoms with van der Waals surface area (Å²) in [5.74, 6) is 0.560. The Bertz CT molecular complexity index is 1260. The minimum absolute atomic E-state index is 0.0663. The van der Waals surface area contributed by atoms with Crippen molar-refractivity contribution in [2.75, 3.05) is 19.5 Å². The summed E-state index contributed by atoms with van der Waals surface area (Å²) in [6, 6.07) is 11.4. The Morgan fingerprint density at radius 1 is 1.18 bits per heavy atom. The zero-order valence-electron chi connectivity index (χ0n) is 18.8. The number of carbonyl (C=O) groups is 1. The molecule has 0 saturated heterocycles. The zero-order chi connectivity index (χ0) is 23.7. The fraction of sp³-hybridized carbons (Fsp3) is 0.292. The number of nitrogens with one attached hydrogen (secondary N) is 1.